The lowest BCUT2D eigenvalue weighted by molar-refractivity contribution is -0.141. The molecule has 0 saturated carbocycles. The summed E-state index contributed by atoms with van der Waals surface area (Å²) in [5, 5.41) is 9.10. The highest BCUT2D eigenvalue weighted by Gasteiger charge is 2.35. The molecule has 0 bridgehead atoms. The van der Waals surface area contributed by atoms with Gasteiger partial charge in [-0.1, -0.05) is 37.2 Å². The Hall–Kier alpha value is -4.55. The van der Waals surface area contributed by atoms with E-state index in [4.69, 9.17) is 15.0 Å². The normalized spacial score (nSPS) is 13.3. The van der Waals surface area contributed by atoms with Crippen molar-refractivity contribution < 1.29 is 37.6 Å². The maximum absolute atomic E-state index is 13.7. The van der Waals surface area contributed by atoms with E-state index >= 15 is 0 Å². The molecule has 0 aliphatic carbocycles. The van der Waals surface area contributed by atoms with Crippen LogP contribution >= 0.6 is 0 Å². The molecule has 42 heavy (non-hydrogen) atoms. The second-order valence-electron chi connectivity index (χ2n) is 10.0. The Morgan fingerprint density at radius 3 is 2.36 bits per heavy atom. The molecular formula is C29H38FN5O7. The van der Waals surface area contributed by atoms with Crippen LogP contribution in [-0.2, 0) is 30.3 Å². The number of halogens is 1. The van der Waals surface area contributed by atoms with Gasteiger partial charge in [-0.2, -0.15) is 0 Å². The number of carbonyl (C=O) groups is 5. The number of nitrogens with zero attached hydrogens (tertiary/aromatic N) is 2. The molecule has 0 aliphatic heterocycles. The van der Waals surface area contributed by atoms with Gasteiger partial charge < -0.3 is 30.5 Å². The molecule has 1 heterocycles. The van der Waals surface area contributed by atoms with E-state index in [0.717, 1.165) is 6.08 Å². The lowest BCUT2D eigenvalue weighted by Gasteiger charge is -2.33. The molecule has 4 amide bonds. The van der Waals surface area contributed by atoms with Crippen molar-refractivity contribution in [2.24, 2.45) is 11.7 Å². The van der Waals surface area contributed by atoms with Crippen molar-refractivity contribution in [3.05, 3.63) is 65.3 Å². The van der Waals surface area contributed by atoms with Gasteiger partial charge in [-0.05, 0) is 43.9 Å². The molecule has 2 aromatic rings. The molecule has 1 aromatic carbocycles. The zero-order valence-corrected chi connectivity index (χ0v) is 24.4. The molecule has 0 unspecified atom stereocenters. The summed E-state index contributed by atoms with van der Waals surface area (Å²) in [4.78, 5) is 64.7. The van der Waals surface area contributed by atoms with Gasteiger partial charge in [0, 0.05) is 38.1 Å². The zero-order chi connectivity index (χ0) is 31.4. The standard InChI is InChI=1S/C29H38FN5O7/c1-6-41-25(37)14-12-21(11-13-24(31)36)32-28(39)23(16-19-7-9-20(30)10-8-19)35(5)29(40)26(17(2)3)33-27(38)22-15-18(4)42-34-22/h7-10,12,14-15,17,21,23,26H,6,11,13,16H2,1-5H3,(H2,31,36)(H,32,39)(H,33,38)/b14-12+/t21-,23-,26-/m0/s1. The first-order valence-electron chi connectivity index (χ1n) is 13.5. The van der Waals surface area contributed by atoms with Gasteiger partial charge in [0.25, 0.3) is 5.91 Å². The van der Waals surface area contributed by atoms with Crippen molar-refractivity contribution in [3.8, 4) is 0 Å². The summed E-state index contributed by atoms with van der Waals surface area (Å²) in [5.74, 6) is -3.45. The third-order valence-electron chi connectivity index (χ3n) is 6.32. The minimum atomic E-state index is -1.12. The van der Waals surface area contributed by atoms with Gasteiger partial charge in [-0.25, -0.2) is 9.18 Å². The number of hydrogen-bond donors (Lipinski definition) is 3. The molecule has 0 saturated heterocycles. The van der Waals surface area contributed by atoms with Crippen molar-refractivity contribution in [1.29, 1.82) is 0 Å². The second kappa shape index (κ2) is 16.0. The zero-order valence-electron chi connectivity index (χ0n) is 24.4. The number of primary amides is 1. The van der Waals surface area contributed by atoms with E-state index in [1.165, 1.54) is 48.4 Å². The van der Waals surface area contributed by atoms with Crippen molar-refractivity contribution >= 4 is 29.6 Å². The van der Waals surface area contributed by atoms with E-state index in [0.29, 0.717) is 11.3 Å². The first-order valence-corrected chi connectivity index (χ1v) is 13.5. The fourth-order valence-corrected chi connectivity index (χ4v) is 4.00. The average molecular weight is 588 g/mol. The van der Waals surface area contributed by atoms with Crippen LogP contribution in [0.25, 0.3) is 0 Å². The summed E-state index contributed by atoms with van der Waals surface area (Å²) in [6, 6.07) is 3.94. The van der Waals surface area contributed by atoms with Crippen LogP contribution in [0.3, 0.4) is 0 Å². The van der Waals surface area contributed by atoms with Gasteiger partial charge in [0.05, 0.1) is 6.61 Å². The SMILES string of the molecule is CCOC(=O)/C=C/[C@H](CCC(N)=O)NC(=O)[C@H](Cc1ccc(F)cc1)N(C)C(=O)[C@@H](NC(=O)c1cc(C)on1)C(C)C. The quantitative estimate of drug-likeness (QED) is 0.209. The topological polar surface area (TPSA) is 174 Å². The fraction of sp³-hybridized carbons (Fsp3) is 0.448. The Bertz CT molecular complexity index is 1280. The molecular weight excluding hydrogens is 549 g/mol. The highest BCUT2D eigenvalue weighted by atomic mass is 19.1. The van der Waals surface area contributed by atoms with Crippen LogP contribution < -0.4 is 16.4 Å². The van der Waals surface area contributed by atoms with Crippen molar-refractivity contribution in [2.75, 3.05) is 13.7 Å². The van der Waals surface area contributed by atoms with Crippen molar-refractivity contribution in [3.63, 3.8) is 0 Å². The predicted molar refractivity (Wildman–Crippen MR) is 150 cm³/mol. The number of carbonyl (C=O) groups excluding carboxylic acids is 5. The Labute approximate surface area is 243 Å². The van der Waals surface area contributed by atoms with Gasteiger partial charge in [0.15, 0.2) is 5.69 Å². The van der Waals surface area contributed by atoms with Gasteiger partial charge in [0.1, 0.15) is 23.7 Å². The summed E-state index contributed by atoms with van der Waals surface area (Å²) in [6.07, 6.45) is 2.51. The van der Waals surface area contributed by atoms with Crippen LogP contribution in [-0.4, -0.2) is 71.4 Å². The molecule has 2 rings (SSSR count). The molecule has 4 N–H and O–H groups in total. The van der Waals surface area contributed by atoms with Crippen LogP contribution in [0.15, 0.2) is 47.0 Å². The maximum Gasteiger partial charge on any atom is 0.330 e. The van der Waals surface area contributed by atoms with E-state index < -0.39 is 53.5 Å². The van der Waals surface area contributed by atoms with E-state index in [1.54, 1.807) is 27.7 Å². The van der Waals surface area contributed by atoms with Gasteiger partial charge in [0.2, 0.25) is 17.7 Å². The number of nitrogens with one attached hydrogen (secondary N) is 2. The lowest BCUT2D eigenvalue weighted by Crippen LogP contribution is -2.57. The van der Waals surface area contributed by atoms with Crippen molar-refractivity contribution in [1.82, 2.24) is 20.7 Å². The third kappa shape index (κ3) is 10.5. The maximum atomic E-state index is 13.7. The summed E-state index contributed by atoms with van der Waals surface area (Å²) in [6.45, 7) is 6.89. The highest BCUT2D eigenvalue weighted by molar-refractivity contribution is 5.97. The Morgan fingerprint density at radius 1 is 1.14 bits per heavy atom. The number of likely N-dealkylation sites (N-methyl/N-ethyl adjacent to an activating group) is 1. The average Bonchev–Trinajstić information content (AvgIpc) is 3.38. The van der Waals surface area contributed by atoms with Gasteiger partial charge in [-0.15, -0.1) is 0 Å². The molecule has 0 spiro atoms. The van der Waals surface area contributed by atoms with E-state index in [1.807, 2.05) is 0 Å². The number of esters is 1. The largest absolute Gasteiger partial charge is 0.463 e. The lowest BCUT2D eigenvalue weighted by atomic mass is 9.99. The van der Waals surface area contributed by atoms with E-state index in [9.17, 15) is 28.4 Å². The van der Waals surface area contributed by atoms with Crippen LogP contribution in [0.5, 0.6) is 0 Å². The number of hydrogen-bond acceptors (Lipinski definition) is 8. The molecule has 0 fully saturated rings. The number of aromatic nitrogens is 1. The Balaban J connectivity index is 2.36. The van der Waals surface area contributed by atoms with Crippen LogP contribution in [0.4, 0.5) is 4.39 Å². The summed E-state index contributed by atoms with van der Waals surface area (Å²) in [5.41, 5.74) is 5.85. The number of aryl methyl sites for hydroxylation is 1. The molecule has 12 nitrogen and oxygen atoms in total. The summed E-state index contributed by atoms with van der Waals surface area (Å²) < 4.78 is 23.4. The van der Waals surface area contributed by atoms with Gasteiger partial charge >= 0.3 is 5.97 Å². The monoisotopic (exact) mass is 587 g/mol. The summed E-state index contributed by atoms with van der Waals surface area (Å²) >= 11 is 0. The smallest absolute Gasteiger partial charge is 0.330 e. The van der Waals surface area contributed by atoms with E-state index in [2.05, 4.69) is 15.8 Å². The summed E-state index contributed by atoms with van der Waals surface area (Å²) in [7, 11) is 1.42. The first-order chi connectivity index (χ1) is 19.8. The second-order valence-corrected chi connectivity index (χ2v) is 10.0. The van der Waals surface area contributed by atoms with Crippen LogP contribution in [0, 0.1) is 18.7 Å². The van der Waals surface area contributed by atoms with E-state index in [-0.39, 0.29) is 37.5 Å². The molecule has 0 aliphatic rings. The Morgan fingerprint density at radius 2 is 1.81 bits per heavy atom. The highest BCUT2D eigenvalue weighted by Crippen LogP contribution is 2.15. The van der Waals surface area contributed by atoms with Crippen LogP contribution in [0.1, 0.15) is 55.4 Å². The molecule has 13 heteroatoms. The first kappa shape index (κ1) is 33.7. The number of nitrogens with two attached hydrogens (primary N) is 1. The van der Waals surface area contributed by atoms with Gasteiger partial charge in [-0.3, -0.25) is 19.2 Å². The van der Waals surface area contributed by atoms with Crippen LogP contribution in [0.2, 0.25) is 0 Å². The molecule has 0 radical (unpaired) electrons. The number of amides is 4. The minimum Gasteiger partial charge on any atom is -0.463 e. The number of rotatable bonds is 15. The molecule has 228 valence electrons. The van der Waals surface area contributed by atoms with Crippen molar-refractivity contribution in [2.45, 2.75) is 65.1 Å². The third-order valence-corrected chi connectivity index (χ3v) is 6.32. The fourth-order valence-electron chi connectivity index (χ4n) is 4.00. The molecule has 1 aromatic heterocycles. The molecule has 3 atom stereocenters. The number of ether oxygens (including phenoxy) is 1. The number of benzene rings is 1. The Kier molecular flexibility index (Phi) is 12.8. The predicted octanol–water partition coefficient (Wildman–Crippen LogP) is 1.82. The minimum absolute atomic E-state index is 0.000104.